The van der Waals surface area contributed by atoms with Crippen molar-refractivity contribution in [2.75, 3.05) is 18.0 Å². The van der Waals surface area contributed by atoms with Crippen LogP contribution in [0.25, 0.3) is 0 Å². The fourth-order valence-corrected chi connectivity index (χ4v) is 6.77. The molecule has 0 heterocycles. The van der Waals surface area contributed by atoms with Crippen molar-refractivity contribution in [2.24, 2.45) is 0 Å². The lowest BCUT2D eigenvalue weighted by Crippen LogP contribution is -2.53. The van der Waals surface area contributed by atoms with E-state index in [9.17, 15) is 22.4 Å². The van der Waals surface area contributed by atoms with Crippen molar-refractivity contribution in [3.05, 3.63) is 88.7 Å². The number of hydrogen-bond donors (Lipinski definition) is 1. The van der Waals surface area contributed by atoms with Crippen LogP contribution in [0.15, 0.2) is 71.6 Å². The van der Waals surface area contributed by atoms with Crippen LogP contribution in [0.5, 0.6) is 5.75 Å². The van der Waals surface area contributed by atoms with E-state index in [4.69, 9.17) is 16.3 Å². The van der Waals surface area contributed by atoms with E-state index in [0.717, 1.165) is 42.0 Å². The lowest BCUT2D eigenvalue weighted by Gasteiger charge is -2.33. The van der Waals surface area contributed by atoms with Crippen LogP contribution in [0, 0.1) is 12.7 Å². The van der Waals surface area contributed by atoms with Gasteiger partial charge in [-0.05, 0) is 74.7 Å². The molecule has 0 aliphatic heterocycles. The predicted octanol–water partition coefficient (Wildman–Crippen LogP) is 5.86. The number of methoxy groups -OCH3 is 1. The van der Waals surface area contributed by atoms with Gasteiger partial charge in [0.25, 0.3) is 10.0 Å². The second-order valence-electron chi connectivity index (χ2n) is 10.8. The van der Waals surface area contributed by atoms with Gasteiger partial charge in [-0.15, -0.1) is 0 Å². The van der Waals surface area contributed by atoms with Crippen molar-refractivity contribution in [2.45, 2.75) is 69.5 Å². The van der Waals surface area contributed by atoms with Gasteiger partial charge in [-0.1, -0.05) is 60.7 Å². The maximum absolute atomic E-state index is 14.1. The highest BCUT2D eigenvalue weighted by Crippen LogP contribution is 2.32. The van der Waals surface area contributed by atoms with Gasteiger partial charge in [0.1, 0.15) is 24.2 Å². The number of amides is 2. The van der Waals surface area contributed by atoms with Crippen molar-refractivity contribution in [3.8, 4) is 5.75 Å². The number of anilines is 1. The molecule has 1 fully saturated rings. The molecule has 43 heavy (non-hydrogen) atoms. The van der Waals surface area contributed by atoms with E-state index in [1.807, 2.05) is 6.92 Å². The van der Waals surface area contributed by atoms with Crippen molar-refractivity contribution in [1.82, 2.24) is 10.2 Å². The summed E-state index contributed by atoms with van der Waals surface area (Å²) in [4.78, 5) is 28.8. The first-order valence-corrected chi connectivity index (χ1v) is 16.1. The lowest BCUT2D eigenvalue weighted by molar-refractivity contribution is -0.139. The molecule has 0 aromatic heterocycles. The zero-order valence-electron chi connectivity index (χ0n) is 24.6. The van der Waals surface area contributed by atoms with Gasteiger partial charge in [-0.25, -0.2) is 12.8 Å². The molecule has 0 saturated heterocycles. The SMILES string of the molecule is COc1ccc(N(CC(=O)N(Cc2ccc(F)cc2)[C@H](C)C(=O)NC2CCCCC2)S(=O)(=O)c2ccc(C)cc2)cc1Cl. The van der Waals surface area contributed by atoms with Gasteiger partial charge in [-0.3, -0.25) is 13.9 Å². The maximum Gasteiger partial charge on any atom is 0.264 e. The van der Waals surface area contributed by atoms with Crippen LogP contribution in [0.2, 0.25) is 5.02 Å². The molecule has 0 spiro atoms. The van der Waals surface area contributed by atoms with E-state index in [-0.39, 0.29) is 34.1 Å². The van der Waals surface area contributed by atoms with Crippen molar-refractivity contribution in [1.29, 1.82) is 0 Å². The summed E-state index contributed by atoms with van der Waals surface area (Å²) in [5.41, 5.74) is 1.62. The molecule has 0 bridgehead atoms. The number of halogens is 2. The smallest absolute Gasteiger partial charge is 0.264 e. The third kappa shape index (κ3) is 8.06. The summed E-state index contributed by atoms with van der Waals surface area (Å²) in [5, 5.41) is 3.23. The molecule has 1 aliphatic rings. The second kappa shape index (κ2) is 14.2. The van der Waals surface area contributed by atoms with Gasteiger partial charge >= 0.3 is 0 Å². The Labute approximate surface area is 257 Å². The Bertz CT molecular complexity index is 1530. The summed E-state index contributed by atoms with van der Waals surface area (Å²) in [6.45, 7) is 2.82. The van der Waals surface area contributed by atoms with Crippen LogP contribution in [0.3, 0.4) is 0 Å². The topological polar surface area (TPSA) is 96.0 Å². The average molecular weight is 630 g/mol. The highest BCUT2D eigenvalue weighted by Gasteiger charge is 2.33. The highest BCUT2D eigenvalue weighted by molar-refractivity contribution is 7.92. The summed E-state index contributed by atoms with van der Waals surface area (Å²) < 4.78 is 47.8. The number of benzene rings is 3. The minimum absolute atomic E-state index is 0.00832. The molecule has 11 heteroatoms. The molecule has 8 nitrogen and oxygen atoms in total. The van der Waals surface area contributed by atoms with Gasteiger partial charge in [0.15, 0.2) is 0 Å². The molecule has 3 aromatic rings. The number of nitrogens with zero attached hydrogens (tertiary/aromatic N) is 2. The first-order valence-electron chi connectivity index (χ1n) is 14.3. The Hall–Kier alpha value is -3.63. The molecule has 0 unspecified atom stereocenters. The van der Waals surface area contributed by atoms with E-state index >= 15 is 0 Å². The number of sulfonamides is 1. The number of aryl methyl sites for hydroxylation is 1. The lowest BCUT2D eigenvalue weighted by atomic mass is 9.95. The zero-order valence-corrected chi connectivity index (χ0v) is 26.1. The van der Waals surface area contributed by atoms with Crippen LogP contribution in [-0.2, 0) is 26.2 Å². The van der Waals surface area contributed by atoms with Gasteiger partial charge < -0.3 is 15.0 Å². The number of rotatable bonds is 11. The molecule has 4 rings (SSSR count). The first-order chi connectivity index (χ1) is 20.5. The number of carbonyl (C=O) groups excluding carboxylic acids is 2. The Kier molecular flexibility index (Phi) is 10.7. The quantitative estimate of drug-likeness (QED) is 0.287. The first kappa shape index (κ1) is 32.3. The van der Waals surface area contributed by atoms with Crippen LogP contribution in [-0.4, -0.2) is 50.9 Å². The van der Waals surface area contributed by atoms with E-state index in [1.54, 1.807) is 19.1 Å². The molecule has 230 valence electrons. The minimum atomic E-state index is -4.25. The van der Waals surface area contributed by atoms with E-state index in [0.29, 0.717) is 11.3 Å². The van der Waals surface area contributed by atoms with Crippen LogP contribution >= 0.6 is 11.6 Å². The van der Waals surface area contributed by atoms with Crippen LogP contribution in [0.1, 0.15) is 50.2 Å². The molecule has 1 N–H and O–H groups in total. The molecular formula is C32H37ClFN3O5S. The number of carbonyl (C=O) groups is 2. The molecule has 1 saturated carbocycles. The molecule has 1 aliphatic carbocycles. The minimum Gasteiger partial charge on any atom is -0.495 e. The third-order valence-electron chi connectivity index (χ3n) is 7.70. The fraction of sp³-hybridized carbons (Fsp3) is 0.375. The maximum atomic E-state index is 14.1. The normalized spacial score (nSPS) is 14.5. The van der Waals surface area contributed by atoms with Crippen molar-refractivity contribution < 1.29 is 27.1 Å². The molecule has 3 aromatic carbocycles. The van der Waals surface area contributed by atoms with Crippen molar-refractivity contribution >= 4 is 39.1 Å². The average Bonchev–Trinajstić information content (AvgIpc) is 2.99. The summed E-state index contributed by atoms with van der Waals surface area (Å²) in [6.07, 6.45) is 4.90. The Morgan fingerprint density at radius 1 is 1.02 bits per heavy atom. The summed E-state index contributed by atoms with van der Waals surface area (Å²) in [7, 11) is -2.80. The Morgan fingerprint density at radius 3 is 2.28 bits per heavy atom. The molecule has 0 radical (unpaired) electrons. The zero-order chi connectivity index (χ0) is 31.1. The van der Waals surface area contributed by atoms with E-state index in [1.165, 1.54) is 66.6 Å². The van der Waals surface area contributed by atoms with E-state index < -0.39 is 34.3 Å². The summed E-state index contributed by atoms with van der Waals surface area (Å²) in [5.74, 6) is -1.03. The van der Waals surface area contributed by atoms with Crippen molar-refractivity contribution in [3.63, 3.8) is 0 Å². The van der Waals surface area contributed by atoms with Gasteiger partial charge in [0, 0.05) is 12.6 Å². The number of nitrogens with one attached hydrogen (secondary N) is 1. The Morgan fingerprint density at radius 2 is 1.67 bits per heavy atom. The highest BCUT2D eigenvalue weighted by atomic mass is 35.5. The monoisotopic (exact) mass is 629 g/mol. The Balaban J connectivity index is 1.70. The van der Waals surface area contributed by atoms with Gasteiger partial charge in [-0.2, -0.15) is 0 Å². The second-order valence-corrected chi connectivity index (χ2v) is 13.1. The van der Waals surface area contributed by atoms with E-state index in [2.05, 4.69) is 5.32 Å². The van der Waals surface area contributed by atoms with Crippen LogP contribution < -0.4 is 14.4 Å². The summed E-state index contributed by atoms with van der Waals surface area (Å²) >= 11 is 6.37. The number of ether oxygens (including phenoxy) is 1. The fourth-order valence-electron chi connectivity index (χ4n) is 5.11. The van der Waals surface area contributed by atoms with Gasteiger partial charge in [0.05, 0.1) is 22.7 Å². The van der Waals surface area contributed by atoms with Crippen LogP contribution in [0.4, 0.5) is 10.1 Å². The molecular weight excluding hydrogens is 593 g/mol. The predicted molar refractivity (Wildman–Crippen MR) is 165 cm³/mol. The molecule has 2 amide bonds. The summed E-state index contributed by atoms with van der Waals surface area (Å²) in [6, 6.07) is 15.5. The number of hydrogen-bond acceptors (Lipinski definition) is 5. The largest absolute Gasteiger partial charge is 0.495 e. The van der Waals surface area contributed by atoms with Gasteiger partial charge in [0.2, 0.25) is 11.8 Å². The molecule has 1 atom stereocenters. The third-order valence-corrected chi connectivity index (χ3v) is 9.78. The standard InChI is InChI=1S/C32H37ClFN3O5S/c1-22-9-16-28(17-10-22)43(40,41)37(27-15-18-30(42-3)29(33)19-27)21-31(38)36(20-24-11-13-25(34)14-12-24)23(2)32(39)35-26-7-5-4-6-8-26/h9-19,23,26H,4-8,20-21H2,1-3H3,(H,35,39)/t23-/m1/s1.